The second kappa shape index (κ2) is 14.0. The smallest absolute Gasteiger partial charge is 0.305 e. The van der Waals surface area contributed by atoms with Crippen LogP contribution in [0, 0.1) is 23.2 Å². The van der Waals surface area contributed by atoms with Gasteiger partial charge in [0.05, 0.1) is 19.3 Å². The Morgan fingerprint density at radius 3 is 2.23 bits per heavy atom. The zero-order chi connectivity index (χ0) is 33.3. The fraction of sp³-hybridized carbons (Fsp3) is 0.816. The van der Waals surface area contributed by atoms with Crippen LogP contribution in [0.4, 0.5) is 0 Å². The maximum absolute atomic E-state index is 11.7. The lowest BCUT2D eigenvalue weighted by Crippen LogP contribution is -2.49. The van der Waals surface area contributed by atoms with Crippen molar-refractivity contribution in [1.29, 1.82) is 0 Å². The number of allylic oxidation sites excluding steroid dienone is 3. The summed E-state index contributed by atoms with van der Waals surface area (Å²) >= 11 is 0. The Labute approximate surface area is 274 Å². The monoisotopic (exact) mass is 644 g/mol. The van der Waals surface area contributed by atoms with Crippen LogP contribution < -0.4 is 0 Å². The molecule has 0 spiro atoms. The van der Waals surface area contributed by atoms with Gasteiger partial charge in [0.1, 0.15) is 0 Å². The van der Waals surface area contributed by atoms with E-state index in [4.69, 9.17) is 13.6 Å². The van der Waals surface area contributed by atoms with Gasteiger partial charge < -0.3 is 13.6 Å². The molecule has 3 rings (SSSR count). The van der Waals surface area contributed by atoms with Gasteiger partial charge in [0.25, 0.3) is 0 Å². The van der Waals surface area contributed by atoms with Crippen LogP contribution in [-0.2, 0) is 18.4 Å². The quantitative estimate of drug-likeness (QED) is 0.175. The van der Waals surface area contributed by atoms with Crippen LogP contribution in [0.25, 0.3) is 0 Å². The molecule has 3 fully saturated rings. The molecule has 4 unspecified atom stereocenters. The van der Waals surface area contributed by atoms with Crippen LogP contribution in [-0.4, -0.2) is 41.9 Å². The van der Waals surface area contributed by atoms with Gasteiger partial charge in [-0.1, -0.05) is 79.7 Å². The number of carbonyl (C=O) groups is 1. The summed E-state index contributed by atoms with van der Waals surface area (Å²) in [6, 6.07) is 0. The molecule has 0 bridgehead atoms. The SMILES string of the molecule is C=C1C(=CC=C2CCC[C@@]3(C)C2CCC3[C@H](C)CCCC(=O)OC)CC(O[Si](C)(C)C(C)(C)C)CC1O[Si](C)(C)C(C)(C)C. The number of methoxy groups -OCH3 is 1. The highest BCUT2D eigenvalue weighted by molar-refractivity contribution is 6.74. The van der Waals surface area contributed by atoms with Gasteiger partial charge in [-0.25, -0.2) is 0 Å². The number of fused-ring (bicyclic) bond motifs is 1. The number of hydrogen-bond donors (Lipinski definition) is 0. The van der Waals surface area contributed by atoms with Crippen molar-refractivity contribution in [2.24, 2.45) is 23.2 Å². The van der Waals surface area contributed by atoms with E-state index in [1.165, 1.54) is 50.4 Å². The molecule has 6 heteroatoms. The largest absolute Gasteiger partial charge is 0.469 e. The lowest BCUT2D eigenvalue weighted by atomic mass is 9.60. The lowest BCUT2D eigenvalue weighted by molar-refractivity contribution is -0.140. The number of carbonyl (C=O) groups excluding carboxylic acids is 1. The highest BCUT2D eigenvalue weighted by Crippen LogP contribution is 2.60. The third-order valence-electron chi connectivity index (χ3n) is 12.7. The third-order valence-corrected chi connectivity index (χ3v) is 21.7. The normalized spacial score (nSPS) is 31.3. The second-order valence-electron chi connectivity index (χ2n) is 17.8. The summed E-state index contributed by atoms with van der Waals surface area (Å²) in [6.45, 7) is 33.1. The highest BCUT2D eigenvalue weighted by atomic mass is 28.4. The number of esters is 1. The molecule has 3 aliphatic rings. The van der Waals surface area contributed by atoms with Gasteiger partial charge in [-0.3, -0.25) is 4.79 Å². The molecule has 0 radical (unpaired) electrons. The van der Waals surface area contributed by atoms with E-state index in [1.807, 2.05) is 0 Å². The van der Waals surface area contributed by atoms with E-state index in [0.717, 1.165) is 31.6 Å². The Kier molecular flexibility index (Phi) is 12.0. The van der Waals surface area contributed by atoms with Crippen LogP contribution in [0.1, 0.15) is 120 Å². The van der Waals surface area contributed by atoms with Gasteiger partial charge in [-0.15, -0.1) is 0 Å². The number of ether oxygens (including phenoxy) is 1. The molecule has 0 aliphatic heterocycles. The average molecular weight is 645 g/mol. The molecule has 3 aliphatic carbocycles. The van der Waals surface area contributed by atoms with Crippen molar-refractivity contribution in [2.45, 2.75) is 168 Å². The molecule has 4 nitrogen and oxygen atoms in total. The minimum atomic E-state index is -1.98. The molecule has 3 saturated carbocycles. The molecule has 44 heavy (non-hydrogen) atoms. The van der Waals surface area contributed by atoms with E-state index in [1.54, 1.807) is 5.57 Å². The first-order chi connectivity index (χ1) is 20.1. The molecule has 0 aromatic rings. The van der Waals surface area contributed by atoms with E-state index >= 15 is 0 Å². The maximum atomic E-state index is 11.7. The lowest BCUT2D eigenvalue weighted by Gasteiger charge is -2.46. The van der Waals surface area contributed by atoms with E-state index in [0.29, 0.717) is 23.7 Å². The zero-order valence-corrected chi connectivity index (χ0v) is 33.0. The molecule has 6 atom stereocenters. The van der Waals surface area contributed by atoms with Gasteiger partial charge in [0, 0.05) is 12.8 Å². The predicted octanol–water partition coefficient (Wildman–Crippen LogP) is 11.2. The summed E-state index contributed by atoms with van der Waals surface area (Å²) in [5, 5.41) is 0.319. The van der Waals surface area contributed by atoms with E-state index in [-0.39, 0.29) is 28.3 Å². The van der Waals surface area contributed by atoms with Gasteiger partial charge in [-0.2, -0.15) is 0 Å². The summed E-state index contributed by atoms with van der Waals surface area (Å²) in [5.41, 5.74) is 4.48. The van der Waals surface area contributed by atoms with Crippen LogP contribution >= 0.6 is 0 Å². The number of rotatable bonds is 10. The fourth-order valence-corrected chi connectivity index (χ4v) is 10.5. The van der Waals surface area contributed by atoms with Crippen molar-refractivity contribution >= 4 is 22.6 Å². The standard InChI is InChI=1S/C38H68O4Si2/c1-27(17-15-19-35(39)40-10)32-22-23-33-29(18-16-24-38(32,33)9)20-21-30-25-31(41-43(11,12)36(3,4)5)26-34(28(30)2)42-44(13,14)37(6,7)8/h20-21,27,31-34H,2,15-19,22-26H2,1,3-14H3/t27-,31?,32?,33?,34?,38-/m1/s1. The van der Waals surface area contributed by atoms with E-state index < -0.39 is 16.6 Å². The molecule has 252 valence electrons. The predicted molar refractivity (Wildman–Crippen MR) is 192 cm³/mol. The average Bonchev–Trinajstić information content (AvgIpc) is 3.25. The Hall–Kier alpha value is -0.956. The van der Waals surface area contributed by atoms with Crippen molar-refractivity contribution < 1.29 is 18.4 Å². The van der Waals surface area contributed by atoms with Crippen LogP contribution in [0.3, 0.4) is 0 Å². The Morgan fingerprint density at radius 1 is 1.02 bits per heavy atom. The minimum Gasteiger partial charge on any atom is -0.469 e. The topological polar surface area (TPSA) is 44.8 Å². The van der Waals surface area contributed by atoms with Crippen molar-refractivity contribution in [3.63, 3.8) is 0 Å². The second-order valence-corrected chi connectivity index (χ2v) is 27.3. The van der Waals surface area contributed by atoms with Crippen molar-refractivity contribution in [1.82, 2.24) is 0 Å². The van der Waals surface area contributed by atoms with E-state index in [9.17, 15) is 4.79 Å². The third kappa shape index (κ3) is 8.49. The summed E-state index contributed by atoms with van der Waals surface area (Å²) in [4.78, 5) is 11.7. The molecule has 0 aromatic carbocycles. The molecular weight excluding hydrogens is 577 g/mol. The summed E-state index contributed by atoms with van der Waals surface area (Å²) < 4.78 is 19.0. The van der Waals surface area contributed by atoms with Crippen LogP contribution in [0.5, 0.6) is 0 Å². The number of hydrogen-bond acceptors (Lipinski definition) is 4. The molecule has 0 saturated heterocycles. The van der Waals surface area contributed by atoms with Crippen molar-refractivity contribution in [3.8, 4) is 0 Å². The molecule has 0 heterocycles. The summed E-state index contributed by atoms with van der Waals surface area (Å²) in [5.74, 6) is 1.92. The molecule has 0 N–H and O–H groups in total. The van der Waals surface area contributed by atoms with Gasteiger partial charge in [0.2, 0.25) is 0 Å². The van der Waals surface area contributed by atoms with Gasteiger partial charge in [0.15, 0.2) is 16.6 Å². The van der Waals surface area contributed by atoms with Crippen molar-refractivity contribution in [2.75, 3.05) is 7.11 Å². The van der Waals surface area contributed by atoms with Gasteiger partial charge in [-0.05, 0) is 122 Å². The maximum Gasteiger partial charge on any atom is 0.305 e. The van der Waals surface area contributed by atoms with Gasteiger partial charge >= 0.3 is 5.97 Å². The molecule has 0 amide bonds. The fourth-order valence-electron chi connectivity index (χ4n) is 7.85. The first kappa shape index (κ1) is 37.5. The Morgan fingerprint density at radius 2 is 1.64 bits per heavy atom. The first-order valence-corrected chi connectivity index (χ1v) is 23.5. The zero-order valence-electron chi connectivity index (χ0n) is 31.0. The first-order valence-electron chi connectivity index (χ1n) is 17.6. The summed E-state index contributed by atoms with van der Waals surface area (Å²) in [6.07, 6.45) is 15.9. The van der Waals surface area contributed by atoms with E-state index in [2.05, 4.69) is 100 Å². The Bertz CT molecular complexity index is 1090. The van der Waals surface area contributed by atoms with Crippen molar-refractivity contribution in [3.05, 3.63) is 35.5 Å². The van der Waals surface area contributed by atoms with Crippen LogP contribution in [0.15, 0.2) is 35.5 Å². The Balaban J connectivity index is 1.86. The molecule has 0 aromatic heterocycles. The van der Waals surface area contributed by atoms with Crippen LogP contribution in [0.2, 0.25) is 36.3 Å². The summed E-state index contributed by atoms with van der Waals surface area (Å²) in [7, 11) is -2.42. The molecular formula is C38H68O4Si2. The highest BCUT2D eigenvalue weighted by Gasteiger charge is 2.50. The minimum absolute atomic E-state index is 0.0161.